The normalized spacial score (nSPS) is 9.25. The van der Waals surface area contributed by atoms with Crippen molar-refractivity contribution in [2.24, 2.45) is 0 Å². The molecule has 0 unspecified atom stereocenters. The lowest BCUT2D eigenvalue weighted by Crippen LogP contribution is -1.99. The highest BCUT2D eigenvalue weighted by Gasteiger charge is 2.01. The number of hydrogen-bond acceptors (Lipinski definition) is 3. The topological polar surface area (TPSA) is 75.8 Å². The van der Waals surface area contributed by atoms with Gasteiger partial charge < -0.3 is 11.5 Å². The molecule has 0 atom stereocenters. The van der Waals surface area contributed by atoms with E-state index in [0.717, 1.165) is 5.56 Å². The lowest BCUT2D eigenvalue weighted by Gasteiger charge is -2.05. The van der Waals surface area contributed by atoms with Gasteiger partial charge in [0.1, 0.15) is 0 Å². The lowest BCUT2D eigenvalue weighted by molar-refractivity contribution is 1.02. The number of nitrogens with two attached hydrogens (primary N) is 2. The molecule has 0 aliphatic heterocycles. The third-order valence-corrected chi connectivity index (χ3v) is 1.74. The van der Waals surface area contributed by atoms with Gasteiger partial charge in [-0.3, -0.25) is 0 Å². The summed E-state index contributed by atoms with van der Waals surface area (Å²) in [6.07, 6.45) is 1.09. The molecule has 0 fully saturated rings. The Morgan fingerprint density at radius 2 is 1.83 bits per heavy atom. The minimum atomic E-state index is 0.457. The SMILES string of the molecule is N#CCCc1c(N)cccc1N. The van der Waals surface area contributed by atoms with Gasteiger partial charge in [0, 0.05) is 17.8 Å². The summed E-state index contributed by atoms with van der Waals surface area (Å²) >= 11 is 0. The summed E-state index contributed by atoms with van der Waals surface area (Å²) in [5.41, 5.74) is 13.6. The number of hydrogen-bond donors (Lipinski definition) is 2. The summed E-state index contributed by atoms with van der Waals surface area (Å²) in [4.78, 5) is 0. The molecular weight excluding hydrogens is 150 g/mol. The zero-order valence-electron chi connectivity index (χ0n) is 6.75. The summed E-state index contributed by atoms with van der Waals surface area (Å²) in [6.45, 7) is 0. The number of rotatable bonds is 2. The van der Waals surface area contributed by atoms with E-state index >= 15 is 0 Å². The van der Waals surface area contributed by atoms with Crippen LogP contribution in [0.4, 0.5) is 11.4 Å². The zero-order chi connectivity index (χ0) is 8.97. The summed E-state index contributed by atoms with van der Waals surface area (Å²) in [6, 6.07) is 7.46. The monoisotopic (exact) mass is 161 g/mol. The Balaban J connectivity index is 2.90. The van der Waals surface area contributed by atoms with E-state index in [9.17, 15) is 0 Å². The first-order chi connectivity index (χ1) is 5.75. The second kappa shape index (κ2) is 3.63. The van der Waals surface area contributed by atoms with Crippen LogP contribution in [0.3, 0.4) is 0 Å². The average Bonchev–Trinajstić information content (AvgIpc) is 2.04. The summed E-state index contributed by atoms with van der Waals surface area (Å²) < 4.78 is 0. The molecule has 0 saturated heterocycles. The van der Waals surface area contributed by atoms with Crippen LogP contribution in [0.5, 0.6) is 0 Å². The van der Waals surface area contributed by atoms with Gasteiger partial charge in [0.15, 0.2) is 0 Å². The number of nitrogen functional groups attached to an aromatic ring is 2. The van der Waals surface area contributed by atoms with Crippen molar-refractivity contribution < 1.29 is 0 Å². The highest BCUT2D eigenvalue weighted by atomic mass is 14.6. The molecule has 0 aliphatic carbocycles. The van der Waals surface area contributed by atoms with Crippen LogP contribution in [-0.2, 0) is 6.42 Å². The molecule has 3 nitrogen and oxygen atoms in total. The van der Waals surface area contributed by atoms with Crippen LogP contribution in [-0.4, -0.2) is 0 Å². The molecule has 12 heavy (non-hydrogen) atoms. The van der Waals surface area contributed by atoms with E-state index in [1.807, 2.05) is 0 Å². The molecule has 1 aromatic rings. The maximum Gasteiger partial charge on any atom is 0.0625 e. The highest BCUT2D eigenvalue weighted by molar-refractivity contribution is 5.61. The Kier molecular flexibility index (Phi) is 2.54. The van der Waals surface area contributed by atoms with Crippen LogP contribution in [0.15, 0.2) is 18.2 Å². The fraction of sp³-hybridized carbons (Fsp3) is 0.222. The number of anilines is 2. The van der Waals surface area contributed by atoms with Crippen LogP contribution < -0.4 is 11.5 Å². The highest BCUT2D eigenvalue weighted by Crippen LogP contribution is 2.20. The molecule has 1 rings (SSSR count). The molecule has 3 heteroatoms. The molecule has 0 spiro atoms. The molecule has 0 radical (unpaired) electrons. The molecule has 0 saturated carbocycles. The number of nitrogens with zero attached hydrogens (tertiary/aromatic N) is 1. The second-order valence-corrected chi connectivity index (χ2v) is 2.57. The molecular formula is C9H11N3. The number of benzene rings is 1. The van der Waals surface area contributed by atoms with E-state index in [0.29, 0.717) is 24.2 Å². The van der Waals surface area contributed by atoms with Crippen molar-refractivity contribution in [2.45, 2.75) is 12.8 Å². The van der Waals surface area contributed by atoms with E-state index in [2.05, 4.69) is 6.07 Å². The molecule has 0 aromatic heterocycles. The maximum atomic E-state index is 8.38. The predicted octanol–water partition coefficient (Wildman–Crippen LogP) is 1.31. The standard InChI is InChI=1S/C9H11N3/c10-6-2-3-7-8(11)4-1-5-9(7)12/h1,4-5H,2-3,11-12H2. The van der Waals surface area contributed by atoms with E-state index in [4.69, 9.17) is 16.7 Å². The molecule has 0 heterocycles. The fourth-order valence-corrected chi connectivity index (χ4v) is 1.09. The van der Waals surface area contributed by atoms with Crippen molar-refractivity contribution in [3.8, 4) is 6.07 Å². The van der Waals surface area contributed by atoms with Gasteiger partial charge >= 0.3 is 0 Å². The van der Waals surface area contributed by atoms with Gasteiger partial charge in [-0.2, -0.15) is 5.26 Å². The largest absolute Gasteiger partial charge is 0.398 e. The van der Waals surface area contributed by atoms with Crippen LogP contribution in [0.2, 0.25) is 0 Å². The van der Waals surface area contributed by atoms with Crippen molar-refractivity contribution in [3.05, 3.63) is 23.8 Å². The lowest BCUT2D eigenvalue weighted by atomic mass is 10.1. The molecule has 0 bridgehead atoms. The van der Waals surface area contributed by atoms with Gasteiger partial charge in [-0.1, -0.05) is 6.07 Å². The first-order valence-electron chi connectivity index (χ1n) is 3.75. The van der Waals surface area contributed by atoms with Crippen molar-refractivity contribution in [1.29, 1.82) is 5.26 Å². The van der Waals surface area contributed by atoms with Gasteiger partial charge in [0.25, 0.3) is 0 Å². The van der Waals surface area contributed by atoms with Gasteiger partial charge in [-0.05, 0) is 24.1 Å². The van der Waals surface area contributed by atoms with E-state index in [-0.39, 0.29) is 0 Å². The maximum absolute atomic E-state index is 8.38. The summed E-state index contributed by atoms with van der Waals surface area (Å²) in [5, 5.41) is 8.38. The van der Waals surface area contributed by atoms with Crippen molar-refractivity contribution in [2.75, 3.05) is 11.5 Å². The Morgan fingerprint density at radius 1 is 1.25 bits per heavy atom. The minimum absolute atomic E-state index is 0.457. The average molecular weight is 161 g/mol. The Labute approximate surface area is 71.6 Å². The summed E-state index contributed by atoms with van der Waals surface area (Å²) in [5.74, 6) is 0. The van der Waals surface area contributed by atoms with Crippen LogP contribution in [0, 0.1) is 11.3 Å². The van der Waals surface area contributed by atoms with Crippen molar-refractivity contribution >= 4 is 11.4 Å². The van der Waals surface area contributed by atoms with E-state index < -0.39 is 0 Å². The van der Waals surface area contributed by atoms with Crippen LogP contribution in [0.25, 0.3) is 0 Å². The van der Waals surface area contributed by atoms with Gasteiger partial charge in [-0.15, -0.1) is 0 Å². The van der Waals surface area contributed by atoms with Gasteiger partial charge in [0.05, 0.1) is 6.07 Å². The predicted molar refractivity (Wildman–Crippen MR) is 49.2 cm³/mol. The number of nitriles is 1. The molecule has 0 amide bonds. The molecule has 4 N–H and O–H groups in total. The molecule has 0 aliphatic rings. The smallest absolute Gasteiger partial charge is 0.0625 e. The van der Waals surface area contributed by atoms with E-state index in [1.54, 1.807) is 18.2 Å². The minimum Gasteiger partial charge on any atom is -0.398 e. The quantitative estimate of drug-likeness (QED) is 0.642. The van der Waals surface area contributed by atoms with Crippen LogP contribution in [0.1, 0.15) is 12.0 Å². The second-order valence-electron chi connectivity index (χ2n) is 2.57. The first-order valence-corrected chi connectivity index (χ1v) is 3.75. The first kappa shape index (κ1) is 8.41. The Bertz CT molecular complexity index is 292. The van der Waals surface area contributed by atoms with Gasteiger partial charge in [-0.25, -0.2) is 0 Å². The third kappa shape index (κ3) is 1.67. The summed E-state index contributed by atoms with van der Waals surface area (Å²) in [7, 11) is 0. The van der Waals surface area contributed by atoms with Crippen molar-refractivity contribution in [1.82, 2.24) is 0 Å². The third-order valence-electron chi connectivity index (χ3n) is 1.74. The van der Waals surface area contributed by atoms with Gasteiger partial charge in [0.2, 0.25) is 0 Å². The zero-order valence-corrected chi connectivity index (χ0v) is 6.75. The van der Waals surface area contributed by atoms with Crippen molar-refractivity contribution in [3.63, 3.8) is 0 Å². The molecule has 62 valence electrons. The fourth-order valence-electron chi connectivity index (χ4n) is 1.09. The van der Waals surface area contributed by atoms with Crippen LogP contribution >= 0.6 is 0 Å². The molecule has 1 aromatic carbocycles. The van der Waals surface area contributed by atoms with E-state index in [1.165, 1.54) is 0 Å². The Hall–Kier alpha value is -1.69. The Morgan fingerprint density at radius 3 is 2.33 bits per heavy atom.